The molecule has 1 fully saturated rings. The molecular formula is C15H16N2O7. The molecule has 1 aromatic carbocycles. The zero-order valence-electron chi connectivity index (χ0n) is 12.7. The summed E-state index contributed by atoms with van der Waals surface area (Å²) in [6.45, 7) is 0.586. The van der Waals surface area contributed by atoms with Crippen LogP contribution in [-0.2, 0) is 4.79 Å². The lowest BCUT2D eigenvalue weighted by molar-refractivity contribution is -0.385. The Morgan fingerprint density at radius 2 is 1.88 bits per heavy atom. The van der Waals surface area contributed by atoms with Gasteiger partial charge in [0, 0.05) is 12.1 Å². The fraction of sp³-hybridized carbons (Fsp3) is 0.467. The van der Waals surface area contributed by atoms with Gasteiger partial charge in [0.25, 0.3) is 11.6 Å². The van der Waals surface area contributed by atoms with E-state index in [0.717, 1.165) is 0 Å². The largest absolute Gasteiger partial charge is 0.486 e. The summed E-state index contributed by atoms with van der Waals surface area (Å²) in [5, 5.41) is 22.9. The van der Waals surface area contributed by atoms with E-state index in [9.17, 15) is 19.7 Å². The van der Waals surface area contributed by atoms with Crippen molar-refractivity contribution in [3.05, 3.63) is 27.8 Å². The van der Waals surface area contributed by atoms with Gasteiger partial charge in [-0.25, -0.2) is 0 Å². The van der Waals surface area contributed by atoms with Crippen molar-refractivity contribution < 1.29 is 29.1 Å². The molecule has 0 spiro atoms. The summed E-state index contributed by atoms with van der Waals surface area (Å²) in [4.78, 5) is 34.0. The number of aliphatic carboxylic acids is 1. The van der Waals surface area contributed by atoms with Gasteiger partial charge in [-0.2, -0.15) is 0 Å². The number of carboxylic acid groups (broad SMARTS) is 1. The number of hydrogen-bond donors (Lipinski definition) is 2. The first-order valence-corrected chi connectivity index (χ1v) is 7.57. The monoisotopic (exact) mass is 336 g/mol. The standard InChI is InChI=1S/C15H16N2O7/c18-14(16-9-2-1-8(5-9)15(19)20)10-6-12-13(24-4-3-23-12)7-11(10)17(21)22/h6-9H,1-5H2,(H,16,18)(H,19,20)/t8-,9+/m0/s1. The maximum absolute atomic E-state index is 12.4. The smallest absolute Gasteiger partial charge is 0.306 e. The van der Waals surface area contributed by atoms with Crippen molar-refractivity contribution in [3.8, 4) is 11.5 Å². The molecule has 128 valence electrons. The molecule has 9 heteroatoms. The molecule has 1 aliphatic carbocycles. The fourth-order valence-electron chi connectivity index (χ4n) is 3.01. The SMILES string of the molecule is O=C(N[C@@H]1CC[C@H](C(=O)O)C1)c1cc2c(cc1[N+](=O)[O-])OCCO2. The topological polar surface area (TPSA) is 128 Å². The first-order valence-electron chi connectivity index (χ1n) is 7.57. The third-order valence-corrected chi connectivity index (χ3v) is 4.22. The van der Waals surface area contributed by atoms with Crippen LogP contribution in [0.15, 0.2) is 12.1 Å². The fourth-order valence-corrected chi connectivity index (χ4v) is 3.01. The second kappa shape index (κ2) is 6.34. The van der Waals surface area contributed by atoms with Gasteiger partial charge in [-0.1, -0.05) is 0 Å². The zero-order chi connectivity index (χ0) is 17.3. The molecule has 2 aliphatic rings. The lowest BCUT2D eigenvalue weighted by Gasteiger charge is -2.19. The van der Waals surface area contributed by atoms with Gasteiger partial charge >= 0.3 is 5.97 Å². The van der Waals surface area contributed by atoms with Crippen molar-refractivity contribution >= 4 is 17.6 Å². The van der Waals surface area contributed by atoms with Crippen LogP contribution in [0.4, 0.5) is 5.69 Å². The lowest BCUT2D eigenvalue weighted by atomic mass is 10.1. The van der Waals surface area contributed by atoms with Gasteiger partial charge in [0.2, 0.25) is 0 Å². The molecule has 0 bridgehead atoms. The van der Waals surface area contributed by atoms with E-state index in [-0.39, 0.29) is 35.4 Å². The summed E-state index contributed by atoms with van der Waals surface area (Å²) in [5.41, 5.74) is -0.493. The number of rotatable bonds is 4. The van der Waals surface area contributed by atoms with Gasteiger partial charge in [-0.15, -0.1) is 0 Å². The highest BCUT2D eigenvalue weighted by Gasteiger charge is 2.33. The molecule has 0 saturated heterocycles. The minimum atomic E-state index is -0.892. The van der Waals surface area contributed by atoms with E-state index in [4.69, 9.17) is 14.6 Å². The number of ether oxygens (including phenoxy) is 2. The van der Waals surface area contributed by atoms with Crippen LogP contribution in [0.25, 0.3) is 0 Å². The van der Waals surface area contributed by atoms with Crippen molar-refractivity contribution in [2.45, 2.75) is 25.3 Å². The Hall–Kier alpha value is -2.84. The predicted molar refractivity (Wildman–Crippen MR) is 80.3 cm³/mol. The van der Waals surface area contributed by atoms with Crippen LogP contribution in [0.1, 0.15) is 29.6 Å². The Morgan fingerprint density at radius 3 is 2.46 bits per heavy atom. The van der Waals surface area contributed by atoms with Gasteiger partial charge in [-0.3, -0.25) is 19.7 Å². The van der Waals surface area contributed by atoms with E-state index in [0.29, 0.717) is 25.9 Å². The molecule has 1 aliphatic heterocycles. The van der Waals surface area contributed by atoms with E-state index in [1.165, 1.54) is 12.1 Å². The minimum Gasteiger partial charge on any atom is -0.486 e. The maximum atomic E-state index is 12.4. The Bertz CT molecular complexity index is 703. The molecule has 0 unspecified atom stereocenters. The van der Waals surface area contributed by atoms with E-state index < -0.39 is 22.7 Å². The molecule has 9 nitrogen and oxygen atoms in total. The van der Waals surface area contributed by atoms with E-state index in [1.54, 1.807) is 0 Å². The number of benzene rings is 1. The van der Waals surface area contributed by atoms with Gasteiger partial charge in [-0.05, 0) is 19.3 Å². The number of hydrogen-bond acceptors (Lipinski definition) is 6. The Kier molecular flexibility index (Phi) is 4.24. The molecule has 2 atom stereocenters. The molecule has 0 aromatic heterocycles. The number of nitrogens with one attached hydrogen (secondary N) is 1. The van der Waals surface area contributed by atoms with Crippen LogP contribution < -0.4 is 14.8 Å². The summed E-state index contributed by atoms with van der Waals surface area (Å²) < 4.78 is 10.7. The third kappa shape index (κ3) is 3.10. The van der Waals surface area contributed by atoms with Crippen molar-refractivity contribution in [1.82, 2.24) is 5.32 Å². The van der Waals surface area contributed by atoms with Crippen LogP contribution >= 0.6 is 0 Å². The van der Waals surface area contributed by atoms with Crippen LogP contribution in [0.2, 0.25) is 0 Å². The molecule has 1 heterocycles. The Labute approximate surface area is 136 Å². The van der Waals surface area contributed by atoms with Crippen LogP contribution in [0.3, 0.4) is 0 Å². The number of carboxylic acids is 1. The van der Waals surface area contributed by atoms with Gasteiger partial charge in [0.15, 0.2) is 11.5 Å². The summed E-state index contributed by atoms with van der Waals surface area (Å²) >= 11 is 0. The highest BCUT2D eigenvalue weighted by Crippen LogP contribution is 2.37. The third-order valence-electron chi connectivity index (χ3n) is 4.22. The second-order valence-corrected chi connectivity index (χ2v) is 5.79. The molecule has 3 rings (SSSR count). The van der Waals surface area contributed by atoms with Crippen molar-refractivity contribution in [1.29, 1.82) is 0 Å². The highest BCUT2D eigenvalue weighted by atomic mass is 16.6. The number of nitro groups is 1. The van der Waals surface area contributed by atoms with Crippen LogP contribution in [0, 0.1) is 16.0 Å². The molecular weight excluding hydrogens is 320 g/mol. The summed E-state index contributed by atoms with van der Waals surface area (Å²) in [5.74, 6) is -1.49. The van der Waals surface area contributed by atoms with Gasteiger partial charge in [0.05, 0.1) is 16.9 Å². The minimum absolute atomic E-state index is 0.122. The van der Waals surface area contributed by atoms with Crippen molar-refractivity contribution in [2.24, 2.45) is 5.92 Å². The van der Waals surface area contributed by atoms with E-state index >= 15 is 0 Å². The van der Waals surface area contributed by atoms with Gasteiger partial charge < -0.3 is 19.9 Å². The van der Waals surface area contributed by atoms with Crippen LogP contribution in [0.5, 0.6) is 11.5 Å². The quantitative estimate of drug-likeness (QED) is 0.627. The number of carbonyl (C=O) groups excluding carboxylic acids is 1. The average molecular weight is 336 g/mol. The molecule has 24 heavy (non-hydrogen) atoms. The number of nitrogens with zero attached hydrogens (tertiary/aromatic N) is 1. The van der Waals surface area contributed by atoms with Crippen molar-refractivity contribution in [2.75, 3.05) is 13.2 Å². The number of carbonyl (C=O) groups is 2. The predicted octanol–water partition coefficient (Wildman–Crippen LogP) is 1.35. The van der Waals surface area contributed by atoms with E-state index in [2.05, 4.69) is 5.32 Å². The first-order chi connectivity index (χ1) is 11.5. The van der Waals surface area contributed by atoms with Crippen LogP contribution in [-0.4, -0.2) is 41.2 Å². The number of fused-ring (bicyclic) bond motifs is 1. The maximum Gasteiger partial charge on any atom is 0.306 e. The molecule has 0 radical (unpaired) electrons. The Balaban J connectivity index is 1.81. The number of amides is 1. The highest BCUT2D eigenvalue weighted by molar-refractivity contribution is 5.99. The molecule has 1 aromatic rings. The normalized spacial score (nSPS) is 22.0. The van der Waals surface area contributed by atoms with E-state index in [1.807, 2.05) is 0 Å². The summed E-state index contributed by atoms with van der Waals surface area (Å²) in [6, 6.07) is 2.16. The average Bonchev–Trinajstić information content (AvgIpc) is 3.02. The molecule has 1 amide bonds. The van der Waals surface area contributed by atoms with Gasteiger partial charge in [0.1, 0.15) is 18.8 Å². The molecule has 1 saturated carbocycles. The molecule has 2 N–H and O–H groups in total. The second-order valence-electron chi connectivity index (χ2n) is 5.79. The lowest BCUT2D eigenvalue weighted by Crippen LogP contribution is -2.34. The zero-order valence-corrected chi connectivity index (χ0v) is 12.7. The summed E-state index contributed by atoms with van der Waals surface area (Å²) in [7, 11) is 0. The first kappa shape index (κ1) is 16.0. The summed E-state index contributed by atoms with van der Waals surface area (Å²) in [6.07, 6.45) is 1.32. The number of nitro benzene ring substituents is 1. The Morgan fingerprint density at radius 1 is 1.21 bits per heavy atom. The van der Waals surface area contributed by atoms with Crippen molar-refractivity contribution in [3.63, 3.8) is 0 Å².